The molecular formula is C56H36N6. The number of hydrogen-bond acceptors (Lipinski definition) is 4. The highest BCUT2D eigenvalue weighted by atomic mass is 15.1. The monoisotopic (exact) mass is 792 g/mol. The van der Waals surface area contributed by atoms with Gasteiger partial charge in [0, 0.05) is 45.0 Å². The van der Waals surface area contributed by atoms with E-state index in [1.54, 1.807) is 0 Å². The zero-order chi connectivity index (χ0) is 42.6. The van der Waals surface area contributed by atoms with E-state index in [0.29, 0.717) is 22.5 Å². The maximum absolute atomic E-state index is 9.66. The van der Waals surface area contributed by atoms with Crippen LogP contribution in [0.5, 0.6) is 0 Å². The van der Waals surface area contributed by atoms with Gasteiger partial charge in [-0.05, 0) is 142 Å². The van der Waals surface area contributed by atoms with Gasteiger partial charge in [-0.15, -0.1) is 0 Å². The number of nitriles is 2. The third-order valence-corrected chi connectivity index (χ3v) is 13.1. The Morgan fingerprint density at radius 3 is 1.03 bits per heavy atom. The summed E-state index contributed by atoms with van der Waals surface area (Å²) >= 11 is 0. The van der Waals surface area contributed by atoms with Crippen LogP contribution in [-0.2, 0) is 10.8 Å². The Morgan fingerprint density at radius 1 is 0.387 bits per heavy atom. The minimum absolute atomic E-state index is 0.564. The quantitative estimate of drug-likeness (QED) is 0.151. The largest absolute Gasteiger partial charge is 0.311 e. The second-order valence-electron chi connectivity index (χ2n) is 16.0. The van der Waals surface area contributed by atoms with Gasteiger partial charge in [0.2, 0.25) is 0 Å². The first-order chi connectivity index (χ1) is 30.3. The van der Waals surface area contributed by atoms with Crippen molar-refractivity contribution in [2.45, 2.75) is 24.7 Å². The Kier molecular flexibility index (Phi) is 8.82. The molecule has 290 valence electrons. The van der Waals surface area contributed by atoms with Gasteiger partial charge in [0.25, 0.3) is 0 Å². The second-order valence-corrected chi connectivity index (χ2v) is 16.0. The lowest BCUT2D eigenvalue weighted by atomic mass is 9.56. The first-order valence-electron chi connectivity index (χ1n) is 20.3. The van der Waals surface area contributed by atoms with Crippen LogP contribution < -0.4 is 9.80 Å². The fourth-order valence-corrected chi connectivity index (χ4v) is 9.93. The molecule has 0 N–H and O–H groups in total. The molecule has 8 aromatic rings. The van der Waals surface area contributed by atoms with E-state index in [2.05, 4.69) is 130 Å². The molecule has 0 aliphatic heterocycles. The molecule has 0 saturated heterocycles. The molecule has 0 aromatic heterocycles. The topological polar surface area (TPSA) is 62.8 Å². The molecular weight excluding hydrogens is 757 g/mol. The number of benzene rings is 8. The first kappa shape index (κ1) is 37.6. The number of rotatable bonds is 7. The molecule has 8 aromatic carbocycles. The van der Waals surface area contributed by atoms with Crippen molar-refractivity contribution in [2.75, 3.05) is 9.80 Å². The maximum atomic E-state index is 9.66. The van der Waals surface area contributed by atoms with Crippen molar-refractivity contribution in [2.24, 2.45) is 0 Å². The summed E-state index contributed by atoms with van der Waals surface area (Å²) in [5, 5.41) is 19.3. The standard InChI is InChI=1S/C56H36N6/c1-55(51-11-7-5-9-47(51)49-31-29-45(33-53(49)55)61(41-21-13-37(35-57)14-22-41)43-25-17-39(59-3)18-26-43)56(2)52-12-8-6-10-48(52)50-32-30-46(34-54(50)56)62(42-23-15-38(36-58)16-24-42)44-27-19-40(60-4)20-28-44/h5-34H,1-2H3. The van der Waals surface area contributed by atoms with Gasteiger partial charge in [0.15, 0.2) is 11.4 Å². The predicted molar refractivity (Wildman–Crippen MR) is 248 cm³/mol. The summed E-state index contributed by atoms with van der Waals surface area (Å²) in [6, 6.07) is 66.2. The van der Waals surface area contributed by atoms with E-state index in [-0.39, 0.29) is 0 Å². The van der Waals surface area contributed by atoms with Gasteiger partial charge in [-0.25, -0.2) is 9.69 Å². The van der Waals surface area contributed by atoms with Crippen LogP contribution in [-0.4, -0.2) is 0 Å². The van der Waals surface area contributed by atoms with Gasteiger partial charge < -0.3 is 9.80 Å². The van der Waals surface area contributed by atoms with Crippen molar-refractivity contribution >= 4 is 45.5 Å². The lowest BCUT2D eigenvalue weighted by Crippen LogP contribution is -2.44. The smallest absolute Gasteiger partial charge is 0.187 e. The molecule has 2 aliphatic rings. The fourth-order valence-electron chi connectivity index (χ4n) is 9.93. The van der Waals surface area contributed by atoms with Crippen molar-refractivity contribution in [3.63, 3.8) is 0 Å². The van der Waals surface area contributed by atoms with E-state index >= 15 is 0 Å². The van der Waals surface area contributed by atoms with Gasteiger partial charge in [-0.1, -0.05) is 98.8 Å². The van der Waals surface area contributed by atoms with Crippen LogP contribution in [0.3, 0.4) is 0 Å². The van der Waals surface area contributed by atoms with E-state index in [1.165, 1.54) is 44.5 Å². The zero-order valence-corrected chi connectivity index (χ0v) is 34.0. The van der Waals surface area contributed by atoms with Crippen LogP contribution in [0.4, 0.5) is 45.5 Å². The van der Waals surface area contributed by atoms with Crippen LogP contribution in [0, 0.1) is 35.8 Å². The molecule has 0 spiro atoms. The van der Waals surface area contributed by atoms with Gasteiger partial charge in [-0.2, -0.15) is 10.5 Å². The summed E-state index contributed by atoms with van der Waals surface area (Å²) < 4.78 is 0. The molecule has 10 rings (SSSR count). The minimum atomic E-state index is -0.588. The van der Waals surface area contributed by atoms with E-state index < -0.39 is 10.8 Å². The third-order valence-electron chi connectivity index (χ3n) is 13.1. The molecule has 0 radical (unpaired) electrons. The molecule has 0 amide bonds. The molecule has 0 heterocycles. The number of anilines is 6. The Morgan fingerprint density at radius 2 is 0.694 bits per heavy atom. The van der Waals surface area contributed by atoms with Crippen molar-refractivity contribution in [1.82, 2.24) is 0 Å². The zero-order valence-electron chi connectivity index (χ0n) is 34.0. The average molecular weight is 793 g/mol. The number of hydrogen-bond donors (Lipinski definition) is 0. The Bertz CT molecular complexity index is 2910. The van der Waals surface area contributed by atoms with E-state index in [0.717, 1.165) is 34.1 Å². The van der Waals surface area contributed by atoms with E-state index in [1.807, 2.05) is 97.1 Å². The van der Waals surface area contributed by atoms with Crippen LogP contribution >= 0.6 is 0 Å². The van der Waals surface area contributed by atoms with E-state index in [9.17, 15) is 10.5 Å². The van der Waals surface area contributed by atoms with Crippen LogP contribution in [0.1, 0.15) is 47.2 Å². The van der Waals surface area contributed by atoms with Gasteiger partial charge >= 0.3 is 0 Å². The number of fused-ring (bicyclic) bond motifs is 6. The summed E-state index contributed by atoms with van der Waals surface area (Å²) in [5.41, 5.74) is 16.3. The molecule has 0 bridgehead atoms. The molecule has 0 saturated carbocycles. The summed E-state index contributed by atoms with van der Waals surface area (Å²) in [7, 11) is 0. The molecule has 6 heteroatoms. The lowest BCUT2D eigenvalue weighted by Gasteiger charge is -2.45. The predicted octanol–water partition coefficient (Wildman–Crippen LogP) is 14.7. The molecule has 2 aliphatic carbocycles. The van der Waals surface area contributed by atoms with Gasteiger partial charge in [-0.3, -0.25) is 0 Å². The van der Waals surface area contributed by atoms with Gasteiger partial charge in [0.05, 0.1) is 36.4 Å². The van der Waals surface area contributed by atoms with Crippen molar-refractivity contribution in [3.8, 4) is 34.4 Å². The summed E-state index contributed by atoms with van der Waals surface area (Å²) in [6.07, 6.45) is 0. The SMILES string of the molecule is [C-]#[N+]c1ccc(N(c2ccc(C#N)cc2)c2ccc3c(c2)C(C)(C2(C)c4ccccc4-c4ccc(N(c5ccc(C#N)cc5)c5ccc([N+]#[C-])cc5)cc42)c2ccccc2-3)cc1. The maximum Gasteiger partial charge on any atom is 0.187 e. The first-order valence-corrected chi connectivity index (χ1v) is 20.3. The van der Waals surface area contributed by atoms with Crippen LogP contribution in [0.2, 0.25) is 0 Å². The molecule has 62 heavy (non-hydrogen) atoms. The highest BCUT2D eigenvalue weighted by molar-refractivity contribution is 5.92. The molecule has 6 nitrogen and oxygen atoms in total. The highest BCUT2D eigenvalue weighted by Gasteiger charge is 2.57. The Labute approximate surface area is 361 Å². The normalized spacial score (nSPS) is 16.3. The Balaban J connectivity index is 1.21. The summed E-state index contributed by atoms with van der Waals surface area (Å²) in [4.78, 5) is 11.7. The third kappa shape index (κ3) is 5.60. The van der Waals surface area contributed by atoms with Crippen molar-refractivity contribution < 1.29 is 0 Å². The fraction of sp³-hybridized carbons (Fsp3) is 0.0714. The summed E-state index contributed by atoms with van der Waals surface area (Å²) in [5.74, 6) is 0. The van der Waals surface area contributed by atoms with Crippen molar-refractivity contribution in [3.05, 3.63) is 238 Å². The summed E-state index contributed by atoms with van der Waals surface area (Å²) in [6.45, 7) is 20.0. The molecule has 2 unspecified atom stereocenters. The Hall–Kier alpha value is -8.68. The highest BCUT2D eigenvalue weighted by Crippen LogP contribution is 2.65. The van der Waals surface area contributed by atoms with Crippen molar-refractivity contribution in [1.29, 1.82) is 10.5 Å². The van der Waals surface area contributed by atoms with Crippen LogP contribution in [0.25, 0.3) is 31.9 Å². The average Bonchev–Trinajstić information content (AvgIpc) is 3.75. The molecule has 0 fully saturated rings. The minimum Gasteiger partial charge on any atom is -0.311 e. The van der Waals surface area contributed by atoms with E-state index in [4.69, 9.17) is 13.1 Å². The number of nitrogens with zero attached hydrogens (tertiary/aromatic N) is 6. The second kappa shape index (κ2) is 14.5. The van der Waals surface area contributed by atoms with Crippen LogP contribution in [0.15, 0.2) is 182 Å². The molecule has 2 atom stereocenters. The van der Waals surface area contributed by atoms with Gasteiger partial charge in [0.1, 0.15) is 0 Å². The lowest BCUT2D eigenvalue weighted by molar-refractivity contribution is 0.376.